The van der Waals surface area contributed by atoms with Crippen molar-refractivity contribution in [3.63, 3.8) is 0 Å². The van der Waals surface area contributed by atoms with Gasteiger partial charge in [0, 0.05) is 20.2 Å². The minimum absolute atomic E-state index is 0.0370. The summed E-state index contributed by atoms with van der Waals surface area (Å²) in [4.78, 5) is 12.8. The zero-order valence-electron chi connectivity index (χ0n) is 11.7. The first-order valence-corrected chi connectivity index (χ1v) is 6.03. The summed E-state index contributed by atoms with van der Waals surface area (Å²) >= 11 is 0. The second-order valence-corrected chi connectivity index (χ2v) is 4.34. The van der Waals surface area contributed by atoms with Gasteiger partial charge >= 0.3 is 5.97 Å². The minimum atomic E-state index is -0.577. The van der Waals surface area contributed by atoms with Crippen LogP contribution in [0.3, 0.4) is 0 Å². The molecule has 0 aliphatic heterocycles. The second-order valence-electron chi connectivity index (χ2n) is 4.34. The van der Waals surface area contributed by atoms with Crippen LogP contribution in [0.4, 0.5) is 0 Å². The van der Waals surface area contributed by atoms with E-state index in [9.17, 15) is 9.90 Å². The molecule has 108 valence electrons. The van der Waals surface area contributed by atoms with Crippen molar-refractivity contribution in [3.05, 3.63) is 0 Å². The van der Waals surface area contributed by atoms with E-state index in [4.69, 9.17) is 9.47 Å². The first-order valence-electron chi connectivity index (χ1n) is 6.03. The molecule has 0 amide bonds. The van der Waals surface area contributed by atoms with Gasteiger partial charge in [0.15, 0.2) is 0 Å². The highest BCUT2D eigenvalue weighted by Gasteiger charge is 2.12. The van der Waals surface area contributed by atoms with Crippen LogP contribution in [-0.2, 0) is 19.0 Å². The molecule has 0 bridgehead atoms. The van der Waals surface area contributed by atoms with E-state index < -0.39 is 6.10 Å². The third-order valence-electron chi connectivity index (χ3n) is 2.42. The van der Waals surface area contributed by atoms with Crippen LogP contribution < -0.4 is 0 Å². The number of rotatable bonds is 10. The Kier molecular flexibility index (Phi) is 9.86. The van der Waals surface area contributed by atoms with E-state index in [1.807, 2.05) is 18.9 Å². The molecule has 6 heteroatoms. The van der Waals surface area contributed by atoms with Crippen LogP contribution in [0, 0.1) is 0 Å². The van der Waals surface area contributed by atoms with E-state index >= 15 is 0 Å². The number of aliphatic hydroxyl groups excluding tert-OH is 1. The van der Waals surface area contributed by atoms with Crippen LogP contribution >= 0.6 is 0 Å². The van der Waals surface area contributed by atoms with E-state index in [2.05, 4.69) is 4.74 Å². The first-order chi connectivity index (χ1) is 8.49. The Labute approximate surface area is 109 Å². The molecule has 0 heterocycles. The van der Waals surface area contributed by atoms with Gasteiger partial charge < -0.3 is 24.2 Å². The van der Waals surface area contributed by atoms with Crippen molar-refractivity contribution in [2.45, 2.75) is 25.6 Å². The number of carbonyl (C=O) groups is 1. The summed E-state index contributed by atoms with van der Waals surface area (Å²) in [7, 11) is 4.81. The second kappa shape index (κ2) is 10.3. The molecule has 0 aliphatic carbocycles. The summed E-state index contributed by atoms with van der Waals surface area (Å²) in [5.74, 6) is -0.249. The molecule has 2 unspecified atom stereocenters. The molecular weight excluding hydrogens is 238 g/mol. The van der Waals surface area contributed by atoms with Crippen molar-refractivity contribution >= 4 is 5.97 Å². The molecule has 0 aromatic rings. The number of methoxy groups -OCH3 is 2. The molecule has 0 aromatic carbocycles. The van der Waals surface area contributed by atoms with Crippen LogP contribution in [0.25, 0.3) is 0 Å². The van der Waals surface area contributed by atoms with Gasteiger partial charge in [0.25, 0.3) is 0 Å². The van der Waals surface area contributed by atoms with Gasteiger partial charge in [-0.3, -0.25) is 4.79 Å². The lowest BCUT2D eigenvalue weighted by atomic mass is 10.3. The van der Waals surface area contributed by atoms with Crippen LogP contribution in [0.15, 0.2) is 0 Å². The lowest BCUT2D eigenvalue weighted by Crippen LogP contribution is -2.34. The fourth-order valence-electron chi connectivity index (χ4n) is 1.45. The molecule has 0 rings (SSSR count). The molecule has 0 radical (unpaired) electrons. The van der Waals surface area contributed by atoms with Crippen molar-refractivity contribution in [2.24, 2.45) is 0 Å². The van der Waals surface area contributed by atoms with Crippen LogP contribution in [-0.4, -0.2) is 75.8 Å². The van der Waals surface area contributed by atoms with E-state index in [0.717, 1.165) is 0 Å². The topological polar surface area (TPSA) is 68.2 Å². The Balaban J connectivity index is 3.66. The van der Waals surface area contributed by atoms with Gasteiger partial charge in [0.1, 0.15) is 0 Å². The standard InChI is InChI=1S/C12H25NO5/c1-10(8-16-3)18-9-11(14)7-13(2)6-5-12(15)17-4/h10-11,14H,5-9H2,1-4H3. The van der Waals surface area contributed by atoms with Crippen molar-refractivity contribution in [1.82, 2.24) is 4.90 Å². The molecule has 0 aliphatic rings. The highest BCUT2D eigenvalue weighted by atomic mass is 16.5. The molecule has 0 spiro atoms. The maximum absolute atomic E-state index is 10.9. The Bertz CT molecular complexity index is 225. The van der Waals surface area contributed by atoms with Crippen molar-refractivity contribution < 1.29 is 24.1 Å². The maximum Gasteiger partial charge on any atom is 0.306 e. The molecule has 2 atom stereocenters. The molecule has 18 heavy (non-hydrogen) atoms. The molecule has 0 fully saturated rings. The van der Waals surface area contributed by atoms with Crippen molar-refractivity contribution in [3.8, 4) is 0 Å². The maximum atomic E-state index is 10.9. The summed E-state index contributed by atoms with van der Waals surface area (Å²) < 4.78 is 14.9. The quantitative estimate of drug-likeness (QED) is 0.555. The average molecular weight is 263 g/mol. The molecule has 6 nitrogen and oxygen atoms in total. The zero-order valence-corrected chi connectivity index (χ0v) is 11.7. The molecule has 0 saturated carbocycles. The first kappa shape index (κ1) is 17.3. The minimum Gasteiger partial charge on any atom is -0.469 e. The van der Waals surface area contributed by atoms with E-state index in [1.165, 1.54) is 7.11 Å². The average Bonchev–Trinajstić information content (AvgIpc) is 2.33. The lowest BCUT2D eigenvalue weighted by molar-refractivity contribution is -0.141. The number of aliphatic hydroxyl groups is 1. The summed E-state index contributed by atoms with van der Waals surface area (Å²) in [5.41, 5.74) is 0. The normalized spacial score (nSPS) is 14.6. The van der Waals surface area contributed by atoms with E-state index in [1.54, 1.807) is 7.11 Å². The van der Waals surface area contributed by atoms with Crippen molar-refractivity contribution in [1.29, 1.82) is 0 Å². The van der Waals surface area contributed by atoms with Gasteiger partial charge in [-0.1, -0.05) is 0 Å². The predicted octanol–water partition coefficient (Wildman–Crippen LogP) is -0.106. The van der Waals surface area contributed by atoms with E-state index in [0.29, 0.717) is 26.1 Å². The van der Waals surface area contributed by atoms with Gasteiger partial charge in [-0.2, -0.15) is 0 Å². The third kappa shape index (κ3) is 9.35. The number of likely N-dealkylation sites (N-methyl/N-ethyl adjacent to an activating group) is 1. The summed E-state index contributed by atoms with van der Waals surface area (Å²) in [5, 5.41) is 9.74. The van der Waals surface area contributed by atoms with Crippen LogP contribution in [0.1, 0.15) is 13.3 Å². The van der Waals surface area contributed by atoms with Crippen LogP contribution in [0.5, 0.6) is 0 Å². The SMILES string of the molecule is COCC(C)OCC(O)CN(C)CCC(=O)OC. The fraction of sp³-hybridized carbons (Fsp3) is 0.917. The fourth-order valence-corrected chi connectivity index (χ4v) is 1.45. The molecule has 1 N–H and O–H groups in total. The van der Waals surface area contributed by atoms with E-state index in [-0.39, 0.29) is 18.7 Å². The van der Waals surface area contributed by atoms with Gasteiger partial charge in [-0.25, -0.2) is 0 Å². The molecular formula is C12H25NO5. The van der Waals surface area contributed by atoms with Gasteiger partial charge in [-0.05, 0) is 14.0 Å². The highest BCUT2D eigenvalue weighted by Crippen LogP contribution is 1.97. The number of hydrogen-bond donors (Lipinski definition) is 1. The number of esters is 1. The van der Waals surface area contributed by atoms with Gasteiger partial charge in [0.2, 0.25) is 0 Å². The Hall–Kier alpha value is -0.690. The number of hydrogen-bond acceptors (Lipinski definition) is 6. The molecule has 0 saturated heterocycles. The third-order valence-corrected chi connectivity index (χ3v) is 2.42. The Morgan fingerprint density at radius 3 is 2.56 bits per heavy atom. The zero-order chi connectivity index (χ0) is 14.0. The predicted molar refractivity (Wildman–Crippen MR) is 67.4 cm³/mol. The highest BCUT2D eigenvalue weighted by molar-refractivity contribution is 5.69. The summed E-state index contributed by atoms with van der Waals surface area (Å²) in [6.07, 6.45) is -0.294. The smallest absolute Gasteiger partial charge is 0.306 e. The van der Waals surface area contributed by atoms with Crippen molar-refractivity contribution in [2.75, 3.05) is 47.6 Å². The number of ether oxygens (including phenoxy) is 3. The largest absolute Gasteiger partial charge is 0.469 e. The monoisotopic (exact) mass is 263 g/mol. The Morgan fingerprint density at radius 2 is 2.00 bits per heavy atom. The summed E-state index contributed by atoms with van der Waals surface area (Å²) in [6, 6.07) is 0. The lowest BCUT2D eigenvalue weighted by Gasteiger charge is -2.21. The number of nitrogens with zero attached hydrogens (tertiary/aromatic N) is 1. The summed E-state index contributed by atoms with van der Waals surface area (Å²) in [6.45, 7) is 3.66. The molecule has 0 aromatic heterocycles. The Morgan fingerprint density at radius 1 is 1.33 bits per heavy atom. The van der Waals surface area contributed by atoms with Gasteiger partial charge in [-0.15, -0.1) is 0 Å². The van der Waals surface area contributed by atoms with Gasteiger partial charge in [0.05, 0.1) is 39.0 Å². The van der Waals surface area contributed by atoms with Crippen LogP contribution in [0.2, 0.25) is 0 Å². The number of carbonyl (C=O) groups excluding carboxylic acids is 1.